The normalized spacial score (nSPS) is 11.7. The number of fused-ring (bicyclic) bond motifs is 3. The molecule has 0 fully saturated rings. The van der Waals surface area contributed by atoms with Gasteiger partial charge in [0.1, 0.15) is 11.5 Å². The lowest BCUT2D eigenvalue weighted by Crippen LogP contribution is -2.05. The van der Waals surface area contributed by atoms with Gasteiger partial charge in [-0.3, -0.25) is 0 Å². The van der Waals surface area contributed by atoms with Crippen molar-refractivity contribution in [1.29, 1.82) is 0 Å². The Labute approximate surface area is 201 Å². The minimum Gasteiger partial charge on any atom is -0.497 e. The standard InChI is InChI=1S/C21H16BrN5O4S2/c1-30-13-5-8-15(17(11-13)31-2)23-19-18-16(9-10-32-18)27-20(24-19)21(25-26-27)33(28,29)14-6-3-12(22)4-7-14/h3-11H,1-2H3,(H,23,24). The van der Waals surface area contributed by atoms with Gasteiger partial charge in [0, 0.05) is 10.5 Å². The van der Waals surface area contributed by atoms with E-state index in [2.05, 4.69) is 36.5 Å². The van der Waals surface area contributed by atoms with Crippen molar-refractivity contribution in [3.8, 4) is 11.5 Å². The Bertz CT molecular complexity index is 1600. The van der Waals surface area contributed by atoms with E-state index >= 15 is 0 Å². The van der Waals surface area contributed by atoms with Gasteiger partial charge in [-0.05, 0) is 47.8 Å². The second-order valence-electron chi connectivity index (χ2n) is 6.87. The van der Waals surface area contributed by atoms with Crippen LogP contribution < -0.4 is 14.8 Å². The number of aromatic nitrogens is 4. The smallest absolute Gasteiger partial charge is 0.229 e. The van der Waals surface area contributed by atoms with Crippen molar-refractivity contribution in [3.63, 3.8) is 0 Å². The van der Waals surface area contributed by atoms with E-state index in [1.54, 1.807) is 44.6 Å². The predicted octanol–water partition coefficient (Wildman–Crippen LogP) is 4.70. The maximum Gasteiger partial charge on any atom is 0.229 e. The van der Waals surface area contributed by atoms with Crippen LogP contribution in [0.25, 0.3) is 15.9 Å². The predicted molar refractivity (Wildman–Crippen MR) is 129 cm³/mol. The summed E-state index contributed by atoms with van der Waals surface area (Å²) in [5.41, 5.74) is 1.46. The molecule has 168 valence electrons. The summed E-state index contributed by atoms with van der Waals surface area (Å²) in [7, 11) is -0.813. The molecule has 0 aliphatic rings. The Hall–Kier alpha value is -3.22. The van der Waals surface area contributed by atoms with Gasteiger partial charge in [0.25, 0.3) is 0 Å². The SMILES string of the molecule is COc1ccc(Nc2nc3c(S(=O)(=O)c4ccc(Br)cc4)nnn3c3ccsc23)c(OC)c1. The molecule has 2 aromatic carbocycles. The number of ether oxygens (including phenoxy) is 2. The Balaban J connectivity index is 1.68. The molecule has 5 rings (SSSR count). The van der Waals surface area contributed by atoms with E-state index < -0.39 is 9.84 Å². The highest BCUT2D eigenvalue weighted by Crippen LogP contribution is 2.36. The Morgan fingerprint density at radius 3 is 2.58 bits per heavy atom. The second-order valence-corrected chi connectivity index (χ2v) is 10.6. The molecule has 3 heterocycles. The molecule has 0 unspecified atom stereocenters. The summed E-state index contributed by atoms with van der Waals surface area (Å²) in [6.45, 7) is 0. The minimum absolute atomic E-state index is 0.103. The average molecular weight is 546 g/mol. The number of hydrogen-bond acceptors (Lipinski definition) is 9. The van der Waals surface area contributed by atoms with Gasteiger partial charge in [-0.15, -0.1) is 16.4 Å². The number of halogens is 1. The largest absolute Gasteiger partial charge is 0.497 e. The van der Waals surface area contributed by atoms with Gasteiger partial charge in [0.2, 0.25) is 14.9 Å². The van der Waals surface area contributed by atoms with Gasteiger partial charge < -0.3 is 14.8 Å². The molecule has 0 aliphatic heterocycles. The molecule has 0 saturated heterocycles. The van der Waals surface area contributed by atoms with Gasteiger partial charge in [-0.25, -0.2) is 13.4 Å². The molecule has 33 heavy (non-hydrogen) atoms. The number of thiophene rings is 1. The number of hydrogen-bond donors (Lipinski definition) is 1. The van der Waals surface area contributed by atoms with Crippen molar-refractivity contribution < 1.29 is 17.9 Å². The van der Waals surface area contributed by atoms with Gasteiger partial charge in [0.15, 0.2) is 11.5 Å². The molecule has 5 aromatic rings. The number of benzene rings is 2. The number of nitrogens with one attached hydrogen (secondary N) is 1. The first-order valence-corrected chi connectivity index (χ1v) is 12.7. The lowest BCUT2D eigenvalue weighted by Gasteiger charge is -2.13. The van der Waals surface area contributed by atoms with Crippen molar-refractivity contribution in [2.75, 3.05) is 19.5 Å². The zero-order chi connectivity index (χ0) is 23.2. The molecule has 12 heteroatoms. The summed E-state index contributed by atoms with van der Waals surface area (Å²) in [4.78, 5) is 4.72. The Kier molecular flexibility index (Phi) is 5.43. The molecular weight excluding hydrogens is 530 g/mol. The van der Waals surface area contributed by atoms with E-state index in [0.29, 0.717) is 28.5 Å². The van der Waals surface area contributed by atoms with Crippen LogP contribution in [0.15, 0.2) is 68.3 Å². The molecule has 0 atom stereocenters. The van der Waals surface area contributed by atoms with Crippen LogP contribution in [0, 0.1) is 0 Å². The molecule has 0 aliphatic carbocycles. The highest BCUT2D eigenvalue weighted by atomic mass is 79.9. The molecular formula is C21H16BrN5O4S2. The van der Waals surface area contributed by atoms with Crippen LogP contribution in [-0.4, -0.2) is 42.4 Å². The first-order chi connectivity index (χ1) is 15.9. The second kappa shape index (κ2) is 8.28. The number of sulfone groups is 1. The van der Waals surface area contributed by atoms with Crippen LogP contribution in [0.3, 0.4) is 0 Å². The van der Waals surface area contributed by atoms with Crippen molar-refractivity contribution in [3.05, 3.63) is 58.4 Å². The number of nitrogens with zero attached hydrogens (tertiary/aromatic N) is 4. The van der Waals surface area contributed by atoms with Crippen molar-refractivity contribution in [2.45, 2.75) is 9.92 Å². The van der Waals surface area contributed by atoms with Gasteiger partial charge in [-0.1, -0.05) is 21.1 Å². The summed E-state index contributed by atoms with van der Waals surface area (Å²) < 4.78 is 40.4. The zero-order valence-electron chi connectivity index (χ0n) is 17.3. The molecule has 0 radical (unpaired) electrons. The summed E-state index contributed by atoms with van der Waals surface area (Å²) >= 11 is 4.77. The third-order valence-electron chi connectivity index (χ3n) is 4.96. The molecule has 0 spiro atoms. The topological polar surface area (TPSA) is 108 Å². The Morgan fingerprint density at radius 2 is 1.85 bits per heavy atom. The average Bonchev–Trinajstić information content (AvgIpc) is 3.47. The molecule has 0 bridgehead atoms. The molecule has 0 amide bonds. The maximum absolute atomic E-state index is 13.3. The van der Waals surface area contributed by atoms with Crippen LogP contribution in [0.2, 0.25) is 0 Å². The first kappa shape index (κ1) is 21.6. The molecule has 0 saturated carbocycles. The van der Waals surface area contributed by atoms with Gasteiger partial charge in [-0.2, -0.15) is 4.52 Å². The molecule has 1 N–H and O–H groups in total. The van der Waals surface area contributed by atoms with Crippen LogP contribution in [0.5, 0.6) is 11.5 Å². The summed E-state index contributed by atoms with van der Waals surface area (Å²) in [6.07, 6.45) is 0. The van der Waals surface area contributed by atoms with Crippen LogP contribution in [-0.2, 0) is 9.84 Å². The Morgan fingerprint density at radius 1 is 1.06 bits per heavy atom. The van der Waals surface area contributed by atoms with E-state index in [1.807, 2.05) is 11.4 Å². The lowest BCUT2D eigenvalue weighted by atomic mass is 10.2. The molecule has 9 nitrogen and oxygen atoms in total. The zero-order valence-corrected chi connectivity index (χ0v) is 20.5. The number of anilines is 2. The fourth-order valence-electron chi connectivity index (χ4n) is 3.34. The van der Waals surface area contributed by atoms with Crippen molar-refractivity contribution in [1.82, 2.24) is 19.8 Å². The lowest BCUT2D eigenvalue weighted by molar-refractivity contribution is 0.395. The van der Waals surface area contributed by atoms with Crippen molar-refractivity contribution in [2.24, 2.45) is 0 Å². The fraction of sp³-hybridized carbons (Fsp3) is 0.0952. The summed E-state index contributed by atoms with van der Waals surface area (Å²) in [5.74, 6) is 1.66. The molecule has 3 aromatic heterocycles. The van der Waals surface area contributed by atoms with E-state index in [0.717, 1.165) is 9.17 Å². The number of methoxy groups -OCH3 is 2. The maximum atomic E-state index is 13.3. The van der Waals surface area contributed by atoms with E-state index in [9.17, 15) is 8.42 Å². The van der Waals surface area contributed by atoms with Crippen LogP contribution in [0.1, 0.15) is 0 Å². The number of rotatable bonds is 6. The van der Waals surface area contributed by atoms with Crippen LogP contribution >= 0.6 is 27.3 Å². The van der Waals surface area contributed by atoms with Gasteiger partial charge >= 0.3 is 0 Å². The minimum atomic E-state index is -3.95. The highest BCUT2D eigenvalue weighted by molar-refractivity contribution is 9.10. The van der Waals surface area contributed by atoms with Crippen LogP contribution in [0.4, 0.5) is 11.5 Å². The third-order valence-corrected chi connectivity index (χ3v) is 8.07. The quantitative estimate of drug-likeness (QED) is 0.327. The fourth-order valence-corrected chi connectivity index (χ4v) is 5.65. The summed E-state index contributed by atoms with van der Waals surface area (Å²) in [5, 5.41) is 13.0. The third kappa shape index (κ3) is 3.69. The van der Waals surface area contributed by atoms with E-state index in [1.165, 1.54) is 28.0 Å². The van der Waals surface area contributed by atoms with E-state index in [4.69, 9.17) is 9.47 Å². The summed E-state index contributed by atoms with van der Waals surface area (Å²) in [6, 6.07) is 13.5. The monoisotopic (exact) mass is 545 g/mol. The first-order valence-electron chi connectivity index (χ1n) is 9.54. The van der Waals surface area contributed by atoms with Gasteiger partial charge in [0.05, 0.1) is 35.0 Å². The van der Waals surface area contributed by atoms with Crippen molar-refractivity contribution >= 4 is 64.5 Å². The van der Waals surface area contributed by atoms with E-state index in [-0.39, 0.29) is 15.6 Å². The highest BCUT2D eigenvalue weighted by Gasteiger charge is 2.27.